The van der Waals surface area contributed by atoms with Crippen molar-refractivity contribution in [1.29, 1.82) is 0 Å². The van der Waals surface area contributed by atoms with Gasteiger partial charge in [-0.15, -0.1) is 23.2 Å². The van der Waals surface area contributed by atoms with E-state index in [1.54, 1.807) is 6.07 Å². The number of halogens is 2. The van der Waals surface area contributed by atoms with Crippen LogP contribution in [0.3, 0.4) is 0 Å². The summed E-state index contributed by atoms with van der Waals surface area (Å²) in [5.74, 6) is 1.24. The fourth-order valence-electron chi connectivity index (χ4n) is 8.78. The van der Waals surface area contributed by atoms with E-state index in [1.807, 2.05) is 58.3 Å². The van der Waals surface area contributed by atoms with Crippen LogP contribution in [-0.4, -0.2) is 41.8 Å². The summed E-state index contributed by atoms with van der Waals surface area (Å²) >= 11 is 12.9. The average Bonchev–Trinajstić information content (AvgIpc) is 3.59. The van der Waals surface area contributed by atoms with E-state index in [0.29, 0.717) is 37.7 Å². The molecule has 1 radical (unpaired) electrons. The van der Waals surface area contributed by atoms with E-state index < -0.39 is 10.8 Å². The Kier molecular flexibility index (Phi) is 5.87. The molecule has 0 spiro atoms. The molecular formula is C35H31Cl2N2O3. The van der Waals surface area contributed by atoms with Crippen molar-refractivity contribution < 1.29 is 14.7 Å². The number of phenolic OH excluding ortho intramolecular Hbond substituents is 1. The van der Waals surface area contributed by atoms with Gasteiger partial charge in [-0.25, -0.2) is 0 Å². The number of alkyl halides is 2. The van der Waals surface area contributed by atoms with Gasteiger partial charge in [0.15, 0.2) is 0 Å². The molecule has 2 bridgehead atoms. The first-order valence-corrected chi connectivity index (χ1v) is 15.9. The Balaban J connectivity index is 1.11. The molecule has 4 aromatic carbocycles. The third-order valence-corrected chi connectivity index (χ3v) is 11.3. The quantitative estimate of drug-likeness (QED) is 0.248. The Hall–Kier alpha value is -3.28. The van der Waals surface area contributed by atoms with Crippen LogP contribution < -0.4 is 9.80 Å². The van der Waals surface area contributed by atoms with Crippen LogP contribution in [0.15, 0.2) is 60.7 Å². The molecule has 5 nitrogen and oxygen atoms in total. The number of hydrogen-bond acceptors (Lipinski definition) is 3. The van der Waals surface area contributed by atoms with Crippen molar-refractivity contribution in [3.05, 3.63) is 77.9 Å². The Bertz CT molecular complexity index is 1800. The molecule has 4 aromatic rings. The van der Waals surface area contributed by atoms with E-state index in [0.717, 1.165) is 63.3 Å². The number of rotatable bonds is 4. The van der Waals surface area contributed by atoms with Crippen LogP contribution in [-0.2, 0) is 9.59 Å². The van der Waals surface area contributed by atoms with Gasteiger partial charge < -0.3 is 14.9 Å². The second-order valence-corrected chi connectivity index (χ2v) is 13.4. The Morgan fingerprint density at radius 1 is 0.810 bits per heavy atom. The topological polar surface area (TPSA) is 60.9 Å². The normalized spacial score (nSPS) is 27.7. The van der Waals surface area contributed by atoms with E-state index in [1.165, 1.54) is 0 Å². The fraction of sp³-hybridized carbons (Fsp3) is 0.371. The van der Waals surface area contributed by atoms with Crippen molar-refractivity contribution in [2.45, 2.75) is 43.9 Å². The van der Waals surface area contributed by atoms with E-state index in [9.17, 15) is 14.7 Å². The molecule has 2 aliphatic heterocycles. The van der Waals surface area contributed by atoms with Crippen molar-refractivity contribution in [3.8, 4) is 5.75 Å². The lowest BCUT2D eigenvalue weighted by Crippen LogP contribution is -2.63. The third-order valence-electron chi connectivity index (χ3n) is 10.5. The standard InChI is InChI=1S/C35H31Cl2N2O3/c36-15-22-17-38(27-11-10-21-6-1-2-7-24(21)30(22)27)32(41)34-12-5-13-35(19-34,20-34)33(42)39-18-23(16-37)31-26-9-4-3-8-25(26)29(40)14-28(31)39/h1-4,6-9,11,14,22-23,40H,5,12-13,15-20H2/t22-,23-,34?,35?/m1/s1. The molecule has 0 saturated heterocycles. The molecule has 9 rings (SSSR count). The van der Waals surface area contributed by atoms with Crippen molar-refractivity contribution in [2.24, 2.45) is 10.8 Å². The van der Waals surface area contributed by atoms with E-state index in [4.69, 9.17) is 23.2 Å². The first kappa shape index (κ1) is 26.4. The first-order chi connectivity index (χ1) is 20.4. The average molecular weight is 599 g/mol. The molecule has 2 heterocycles. The van der Waals surface area contributed by atoms with Gasteiger partial charge in [0.05, 0.1) is 16.5 Å². The van der Waals surface area contributed by atoms with E-state index in [-0.39, 0.29) is 29.4 Å². The van der Waals surface area contributed by atoms with Gasteiger partial charge >= 0.3 is 0 Å². The minimum atomic E-state index is -0.572. The zero-order valence-corrected chi connectivity index (χ0v) is 24.7. The number of benzene rings is 4. The fourth-order valence-corrected chi connectivity index (χ4v) is 9.29. The molecule has 3 aliphatic carbocycles. The summed E-state index contributed by atoms with van der Waals surface area (Å²) in [5, 5.41) is 14.7. The van der Waals surface area contributed by atoms with Crippen molar-refractivity contribution in [3.63, 3.8) is 0 Å². The number of carbonyl (C=O) groups excluding carboxylic acids is 2. The molecule has 1 N–H and O–H groups in total. The highest BCUT2D eigenvalue weighted by Gasteiger charge is 2.66. The number of hydrogen-bond donors (Lipinski definition) is 1. The van der Waals surface area contributed by atoms with Gasteiger partial charge in [-0.1, -0.05) is 55.0 Å². The van der Waals surface area contributed by atoms with Gasteiger partial charge in [-0.05, 0) is 65.1 Å². The number of aromatic hydroxyl groups is 1. The smallest absolute Gasteiger partial charge is 0.233 e. The molecule has 7 heteroatoms. The predicted molar refractivity (Wildman–Crippen MR) is 168 cm³/mol. The second kappa shape index (κ2) is 9.36. The molecule has 2 atom stereocenters. The van der Waals surface area contributed by atoms with Crippen LogP contribution in [0.4, 0.5) is 11.4 Å². The summed E-state index contributed by atoms with van der Waals surface area (Å²) in [4.78, 5) is 32.6. The van der Waals surface area contributed by atoms with Crippen LogP contribution in [0.5, 0.6) is 5.75 Å². The van der Waals surface area contributed by atoms with Gasteiger partial charge in [0.1, 0.15) is 5.75 Å². The molecule has 3 saturated carbocycles. The summed E-state index contributed by atoms with van der Waals surface area (Å²) < 4.78 is 0. The number of phenols is 1. The van der Waals surface area contributed by atoms with Gasteiger partial charge in [-0.3, -0.25) is 9.59 Å². The largest absolute Gasteiger partial charge is 0.507 e. The molecule has 0 unspecified atom stereocenters. The van der Waals surface area contributed by atoms with Crippen LogP contribution in [0.2, 0.25) is 0 Å². The van der Waals surface area contributed by atoms with Crippen LogP contribution in [0.1, 0.15) is 55.1 Å². The molecule has 3 fully saturated rings. The lowest BCUT2D eigenvalue weighted by atomic mass is 9.44. The Morgan fingerprint density at radius 2 is 1.36 bits per heavy atom. The molecule has 2 amide bonds. The molecule has 213 valence electrons. The maximum Gasteiger partial charge on any atom is 0.233 e. The highest BCUT2D eigenvalue weighted by molar-refractivity contribution is 6.19. The highest BCUT2D eigenvalue weighted by Crippen LogP contribution is 2.66. The Morgan fingerprint density at radius 3 is 2.00 bits per heavy atom. The second-order valence-electron chi connectivity index (χ2n) is 12.8. The SMILES string of the molecule is O=C(N1C[C@@H](CCl)c2c1c[c]c1ccccc21)C12CCCC(C(=O)N3C[C@@H](CCl)c4c3cc(O)c3ccccc43)(C1)C2. The van der Waals surface area contributed by atoms with Crippen molar-refractivity contribution in [1.82, 2.24) is 0 Å². The maximum atomic E-state index is 14.4. The number of nitrogens with zero attached hydrogens (tertiary/aromatic N) is 2. The minimum Gasteiger partial charge on any atom is -0.507 e. The summed E-state index contributed by atoms with van der Waals surface area (Å²) in [5.41, 5.74) is 2.72. The summed E-state index contributed by atoms with van der Waals surface area (Å²) in [6, 6.07) is 23.0. The Labute approximate surface area is 255 Å². The van der Waals surface area contributed by atoms with Gasteiger partial charge in [0.2, 0.25) is 11.8 Å². The van der Waals surface area contributed by atoms with Crippen LogP contribution in [0, 0.1) is 16.9 Å². The predicted octanol–water partition coefficient (Wildman–Crippen LogP) is 7.49. The molecular weight excluding hydrogens is 567 g/mol. The summed E-state index contributed by atoms with van der Waals surface area (Å²) in [7, 11) is 0. The van der Waals surface area contributed by atoms with E-state index in [2.05, 4.69) is 12.1 Å². The molecule has 0 aromatic heterocycles. The number of amides is 2. The maximum absolute atomic E-state index is 14.4. The zero-order chi connectivity index (χ0) is 28.8. The van der Waals surface area contributed by atoms with Gasteiger partial charge in [0.25, 0.3) is 0 Å². The van der Waals surface area contributed by atoms with Crippen molar-refractivity contribution in [2.75, 3.05) is 34.6 Å². The first-order valence-electron chi connectivity index (χ1n) is 14.8. The molecule has 42 heavy (non-hydrogen) atoms. The zero-order valence-electron chi connectivity index (χ0n) is 23.2. The summed E-state index contributed by atoms with van der Waals surface area (Å²) in [6.45, 7) is 1.05. The van der Waals surface area contributed by atoms with E-state index >= 15 is 0 Å². The monoisotopic (exact) mass is 597 g/mol. The molecule has 5 aliphatic rings. The summed E-state index contributed by atoms with van der Waals surface area (Å²) in [6.07, 6.45) is 3.52. The lowest BCUT2D eigenvalue weighted by molar-refractivity contribution is -0.165. The number of anilines is 2. The van der Waals surface area contributed by atoms with Gasteiger partial charge in [-0.2, -0.15) is 0 Å². The minimum absolute atomic E-state index is 0.0118. The van der Waals surface area contributed by atoms with Crippen molar-refractivity contribution >= 4 is 67.9 Å². The third kappa shape index (κ3) is 3.50. The van der Waals surface area contributed by atoms with Crippen LogP contribution in [0.25, 0.3) is 21.5 Å². The van der Waals surface area contributed by atoms with Crippen LogP contribution >= 0.6 is 23.2 Å². The highest BCUT2D eigenvalue weighted by atomic mass is 35.5. The van der Waals surface area contributed by atoms with Gasteiger partial charge in [0, 0.05) is 53.8 Å². The number of fused-ring (bicyclic) bond motifs is 8. The lowest BCUT2D eigenvalue weighted by Gasteiger charge is -2.59. The number of carbonyl (C=O) groups is 2.